The van der Waals surface area contributed by atoms with Crippen LogP contribution in [-0.4, -0.2) is 29.6 Å². The standard InChI is InChI=1S/C18H21N3O3/c1-3-24-17(22)15(12-14-8-6-7-13(2)11-14)20-18(23)21-16-9-4-5-10-19-16/h4-11,15H,3,12H2,1-2H3,(H2,19,20,21,23)/t15-/m0/s1. The Kier molecular flexibility index (Phi) is 6.31. The van der Waals surface area contributed by atoms with Crippen LogP contribution in [0, 0.1) is 6.92 Å². The Labute approximate surface area is 141 Å². The number of nitrogens with one attached hydrogen (secondary N) is 2. The van der Waals surface area contributed by atoms with Gasteiger partial charge in [-0.15, -0.1) is 0 Å². The highest BCUT2D eigenvalue weighted by molar-refractivity contribution is 5.91. The number of pyridine rings is 1. The van der Waals surface area contributed by atoms with Gasteiger partial charge in [-0.2, -0.15) is 0 Å². The lowest BCUT2D eigenvalue weighted by Crippen LogP contribution is -2.45. The van der Waals surface area contributed by atoms with Crippen LogP contribution in [0.25, 0.3) is 0 Å². The zero-order valence-corrected chi connectivity index (χ0v) is 13.8. The van der Waals surface area contributed by atoms with E-state index in [1.165, 1.54) is 0 Å². The van der Waals surface area contributed by atoms with Crippen molar-refractivity contribution in [3.8, 4) is 0 Å². The molecule has 6 nitrogen and oxygen atoms in total. The third kappa shape index (κ3) is 5.39. The molecule has 2 N–H and O–H groups in total. The summed E-state index contributed by atoms with van der Waals surface area (Å²) in [5.41, 5.74) is 2.04. The molecule has 1 heterocycles. The van der Waals surface area contributed by atoms with E-state index >= 15 is 0 Å². The Morgan fingerprint density at radius 3 is 2.71 bits per heavy atom. The summed E-state index contributed by atoms with van der Waals surface area (Å²) in [6, 6.07) is 11.7. The number of benzene rings is 1. The van der Waals surface area contributed by atoms with Crippen LogP contribution in [-0.2, 0) is 16.0 Å². The largest absolute Gasteiger partial charge is 0.464 e. The minimum absolute atomic E-state index is 0.257. The molecule has 1 aromatic heterocycles. The van der Waals surface area contributed by atoms with E-state index in [0.717, 1.165) is 11.1 Å². The van der Waals surface area contributed by atoms with Crippen LogP contribution in [0.15, 0.2) is 48.7 Å². The summed E-state index contributed by atoms with van der Waals surface area (Å²) >= 11 is 0. The molecular formula is C18H21N3O3. The maximum atomic E-state index is 12.1. The minimum Gasteiger partial charge on any atom is -0.464 e. The first-order valence-electron chi connectivity index (χ1n) is 7.79. The van der Waals surface area contributed by atoms with E-state index in [-0.39, 0.29) is 6.61 Å². The van der Waals surface area contributed by atoms with Gasteiger partial charge in [-0.3, -0.25) is 5.32 Å². The minimum atomic E-state index is -0.768. The lowest BCUT2D eigenvalue weighted by molar-refractivity contribution is -0.145. The zero-order chi connectivity index (χ0) is 17.4. The van der Waals surface area contributed by atoms with E-state index in [1.807, 2.05) is 31.2 Å². The van der Waals surface area contributed by atoms with Crippen molar-refractivity contribution in [1.82, 2.24) is 10.3 Å². The first-order chi connectivity index (χ1) is 11.6. The number of urea groups is 1. The van der Waals surface area contributed by atoms with E-state index in [0.29, 0.717) is 12.2 Å². The maximum absolute atomic E-state index is 12.1. The smallest absolute Gasteiger partial charge is 0.329 e. The van der Waals surface area contributed by atoms with Gasteiger partial charge in [-0.25, -0.2) is 14.6 Å². The third-order valence-electron chi connectivity index (χ3n) is 3.31. The number of esters is 1. The molecule has 6 heteroatoms. The summed E-state index contributed by atoms with van der Waals surface area (Å²) in [6.45, 7) is 3.96. The molecule has 1 atom stereocenters. The highest BCUT2D eigenvalue weighted by Crippen LogP contribution is 2.09. The van der Waals surface area contributed by atoms with Gasteiger partial charge in [-0.1, -0.05) is 35.9 Å². The lowest BCUT2D eigenvalue weighted by Gasteiger charge is -2.18. The summed E-state index contributed by atoms with van der Waals surface area (Å²) in [7, 11) is 0. The fraction of sp³-hybridized carbons (Fsp3) is 0.278. The molecule has 0 aliphatic carbocycles. The molecule has 0 saturated heterocycles. The van der Waals surface area contributed by atoms with Crippen LogP contribution in [0.4, 0.5) is 10.6 Å². The first-order valence-corrected chi connectivity index (χ1v) is 7.79. The number of ether oxygens (including phenoxy) is 1. The predicted octanol–water partition coefficient (Wildman–Crippen LogP) is 2.69. The van der Waals surface area contributed by atoms with Gasteiger partial charge >= 0.3 is 12.0 Å². The van der Waals surface area contributed by atoms with Gasteiger partial charge in [0.05, 0.1) is 6.61 Å². The van der Waals surface area contributed by atoms with Crippen molar-refractivity contribution in [1.29, 1.82) is 0 Å². The molecular weight excluding hydrogens is 306 g/mol. The average Bonchev–Trinajstić information content (AvgIpc) is 2.55. The van der Waals surface area contributed by atoms with Gasteiger partial charge in [0.1, 0.15) is 11.9 Å². The highest BCUT2D eigenvalue weighted by Gasteiger charge is 2.22. The number of aromatic nitrogens is 1. The Hall–Kier alpha value is -2.89. The number of hydrogen-bond acceptors (Lipinski definition) is 4. The summed E-state index contributed by atoms with van der Waals surface area (Å²) in [5, 5.41) is 5.25. The number of carbonyl (C=O) groups is 2. The number of nitrogens with zero attached hydrogens (tertiary/aromatic N) is 1. The van der Waals surface area contributed by atoms with Crippen LogP contribution in [0.1, 0.15) is 18.1 Å². The summed E-state index contributed by atoms with van der Waals surface area (Å²) in [4.78, 5) is 28.3. The molecule has 0 fully saturated rings. The monoisotopic (exact) mass is 327 g/mol. The normalized spacial score (nSPS) is 11.4. The van der Waals surface area contributed by atoms with Crippen molar-refractivity contribution in [2.45, 2.75) is 26.3 Å². The average molecular weight is 327 g/mol. The highest BCUT2D eigenvalue weighted by atomic mass is 16.5. The van der Waals surface area contributed by atoms with Crippen LogP contribution < -0.4 is 10.6 Å². The van der Waals surface area contributed by atoms with E-state index in [1.54, 1.807) is 31.3 Å². The summed E-state index contributed by atoms with van der Waals surface area (Å²) in [5.74, 6) is -0.0525. The van der Waals surface area contributed by atoms with Crippen molar-refractivity contribution >= 4 is 17.8 Å². The quantitative estimate of drug-likeness (QED) is 0.799. The van der Waals surface area contributed by atoms with Crippen molar-refractivity contribution < 1.29 is 14.3 Å². The molecule has 0 aliphatic rings. The molecule has 1 aromatic carbocycles. The van der Waals surface area contributed by atoms with Crippen LogP contribution in [0.3, 0.4) is 0 Å². The second-order valence-electron chi connectivity index (χ2n) is 5.31. The number of hydrogen-bond donors (Lipinski definition) is 2. The molecule has 0 radical (unpaired) electrons. The molecule has 0 unspecified atom stereocenters. The summed E-state index contributed by atoms with van der Waals surface area (Å²) in [6.07, 6.45) is 1.93. The van der Waals surface area contributed by atoms with Gasteiger partial charge in [0.25, 0.3) is 0 Å². The van der Waals surface area contributed by atoms with E-state index in [9.17, 15) is 9.59 Å². The van der Waals surface area contributed by atoms with Crippen molar-refractivity contribution in [2.75, 3.05) is 11.9 Å². The number of anilines is 1. The van der Waals surface area contributed by atoms with Gasteiger partial charge in [-0.05, 0) is 31.5 Å². The van der Waals surface area contributed by atoms with Crippen molar-refractivity contribution in [3.63, 3.8) is 0 Å². The molecule has 0 spiro atoms. The van der Waals surface area contributed by atoms with Gasteiger partial charge in [0.2, 0.25) is 0 Å². The van der Waals surface area contributed by atoms with Gasteiger partial charge in [0, 0.05) is 12.6 Å². The Balaban J connectivity index is 2.05. The van der Waals surface area contributed by atoms with Crippen molar-refractivity contribution in [3.05, 3.63) is 59.8 Å². The number of amides is 2. The summed E-state index contributed by atoms with van der Waals surface area (Å²) < 4.78 is 5.06. The van der Waals surface area contributed by atoms with Crippen LogP contribution in [0.5, 0.6) is 0 Å². The Morgan fingerprint density at radius 2 is 2.04 bits per heavy atom. The number of carbonyl (C=O) groups excluding carboxylic acids is 2. The fourth-order valence-electron chi connectivity index (χ4n) is 2.26. The molecule has 0 bridgehead atoms. The van der Waals surface area contributed by atoms with Gasteiger partial charge < -0.3 is 10.1 Å². The number of aryl methyl sites for hydroxylation is 1. The molecule has 0 saturated carbocycles. The van der Waals surface area contributed by atoms with E-state index in [2.05, 4.69) is 15.6 Å². The van der Waals surface area contributed by atoms with Gasteiger partial charge in [0.15, 0.2) is 0 Å². The molecule has 0 aliphatic heterocycles. The first kappa shape index (κ1) is 17.5. The topological polar surface area (TPSA) is 80.3 Å². The number of rotatable bonds is 6. The second kappa shape index (κ2) is 8.67. The van der Waals surface area contributed by atoms with Crippen molar-refractivity contribution in [2.24, 2.45) is 0 Å². The Bertz CT molecular complexity index is 689. The van der Waals surface area contributed by atoms with E-state index < -0.39 is 18.0 Å². The van der Waals surface area contributed by atoms with E-state index in [4.69, 9.17) is 4.74 Å². The molecule has 2 rings (SSSR count). The fourth-order valence-corrected chi connectivity index (χ4v) is 2.26. The predicted molar refractivity (Wildman–Crippen MR) is 91.7 cm³/mol. The third-order valence-corrected chi connectivity index (χ3v) is 3.31. The molecule has 24 heavy (non-hydrogen) atoms. The maximum Gasteiger partial charge on any atom is 0.329 e. The lowest BCUT2D eigenvalue weighted by atomic mass is 10.0. The second-order valence-corrected chi connectivity index (χ2v) is 5.31. The molecule has 126 valence electrons. The Morgan fingerprint density at radius 1 is 1.21 bits per heavy atom. The van der Waals surface area contributed by atoms with Crippen LogP contribution >= 0.6 is 0 Å². The molecule has 2 aromatic rings. The SMILES string of the molecule is CCOC(=O)[C@H](Cc1cccc(C)c1)NC(=O)Nc1ccccn1. The van der Waals surface area contributed by atoms with Crippen LogP contribution in [0.2, 0.25) is 0 Å². The molecule has 2 amide bonds. The zero-order valence-electron chi connectivity index (χ0n) is 13.8.